The summed E-state index contributed by atoms with van der Waals surface area (Å²) in [5, 5.41) is 3.40. The zero-order valence-corrected chi connectivity index (χ0v) is 10.7. The summed E-state index contributed by atoms with van der Waals surface area (Å²) < 4.78 is 0. The molecule has 0 atom stereocenters. The minimum atomic E-state index is 1.08. The highest BCUT2D eigenvalue weighted by Crippen LogP contribution is 2.13. The third-order valence-corrected chi connectivity index (χ3v) is 2.60. The van der Waals surface area contributed by atoms with E-state index in [0.717, 1.165) is 31.9 Å². The first-order valence-corrected chi connectivity index (χ1v) is 6.24. The van der Waals surface area contributed by atoms with Crippen molar-refractivity contribution < 1.29 is 0 Å². The highest BCUT2D eigenvalue weighted by atomic mass is 15.2. The maximum atomic E-state index is 4.32. The summed E-state index contributed by atoms with van der Waals surface area (Å²) >= 11 is 0. The fourth-order valence-corrected chi connectivity index (χ4v) is 1.75. The van der Waals surface area contributed by atoms with Gasteiger partial charge in [0.25, 0.3) is 0 Å². The summed E-state index contributed by atoms with van der Waals surface area (Å²) in [5.74, 6) is 0. The molecule has 0 amide bonds. The Morgan fingerprint density at radius 3 is 2.69 bits per heavy atom. The van der Waals surface area contributed by atoms with Gasteiger partial charge in [-0.15, -0.1) is 0 Å². The molecule has 1 saturated heterocycles. The van der Waals surface area contributed by atoms with E-state index in [1.165, 1.54) is 12.1 Å². The molecule has 16 heavy (non-hydrogen) atoms. The molecule has 1 aliphatic rings. The van der Waals surface area contributed by atoms with Crippen molar-refractivity contribution >= 4 is 5.69 Å². The first kappa shape index (κ1) is 13.0. The van der Waals surface area contributed by atoms with Gasteiger partial charge < -0.3 is 10.2 Å². The van der Waals surface area contributed by atoms with Crippen LogP contribution in [-0.4, -0.2) is 31.2 Å². The Bertz CT molecular complexity index is 274. The van der Waals surface area contributed by atoms with Crippen molar-refractivity contribution in [1.82, 2.24) is 10.3 Å². The van der Waals surface area contributed by atoms with E-state index in [4.69, 9.17) is 0 Å². The molecule has 0 aromatic carbocycles. The van der Waals surface area contributed by atoms with Crippen LogP contribution < -0.4 is 10.2 Å². The molecule has 0 spiro atoms. The van der Waals surface area contributed by atoms with E-state index in [9.17, 15) is 0 Å². The first-order chi connectivity index (χ1) is 7.86. The van der Waals surface area contributed by atoms with Crippen LogP contribution in [0.15, 0.2) is 18.3 Å². The van der Waals surface area contributed by atoms with E-state index in [1.54, 1.807) is 0 Å². The maximum Gasteiger partial charge on any atom is 0.0553 e. The van der Waals surface area contributed by atoms with Crippen LogP contribution in [0.25, 0.3) is 0 Å². The Balaban J connectivity index is 0.000000606. The molecule has 1 aromatic rings. The van der Waals surface area contributed by atoms with Crippen molar-refractivity contribution in [2.75, 3.05) is 31.1 Å². The average molecular weight is 221 g/mol. The minimum absolute atomic E-state index is 1.08. The monoisotopic (exact) mass is 221 g/mol. The average Bonchev–Trinajstić information content (AvgIpc) is 2.61. The van der Waals surface area contributed by atoms with Gasteiger partial charge in [0.05, 0.1) is 11.9 Å². The fraction of sp³-hybridized carbons (Fsp3) is 0.615. The Morgan fingerprint density at radius 2 is 2.00 bits per heavy atom. The molecule has 2 rings (SSSR count). The number of hydrogen-bond donors (Lipinski definition) is 1. The lowest BCUT2D eigenvalue weighted by atomic mass is 10.3. The maximum absolute atomic E-state index is 4.32. The zero-order valence-electron chi connectivity index (χ0n) is 10.7. The number of hydrogen-bond acceptors (Lipinski definition) is 3. The molecule has 0 saturated carbocycles. The van der Waals surface area contributed by atoms with Gasteiger partial charge in [-0.2, -0.15) is 0 Å². The van der Waals surface area contributed by atoms with Crippen LogP contribution in [-0.2, 0) is 0 Å². The molecule has 1 N–H and O–H groups in total. The molecule has 2 heterocycles. The minimum Gasteiger partial charge on any atom is -0.369 e. The molecule has 3 heteroatoms. The summed E-state index contributed by atoms with van der Waals surface area (Å²) in [7, 11) is 0. The van der Waals surface area contributed by atoms with Crippen LogP contribution in [0, 0.1) is 6.92 Å². The molecule has 0 unspecified atom stereocenters. The van der Waals surface area contributed by atoms with Crippen molar-refractivity contribution in [2.45, 2.75) is 27.2 Å². The number of rotatable bonds is 1. The predicted molar refractivity (Wildman–Crippen MR) is 70.0 cm³/mol. The third kappa shape index (κ3) is 3.81. The van der Waals surface area contributed by atoms with E-state index >= 15 is 0 Å². The predicted octanol–water partition coefficient (Wildman–Crippen LogP) is 2.22. The Hall–Kier alpha value is -1.09. The summed E-state index contributed by atoms with van der Waals surface area (Å²) in [5.41, 5.74) is 2.33. The van der Waals surface area contributed by atoms with Gasteiger partial charge in [0.1, 0.15) is 0 Å². The molecule has 0 bridgehead atoms. The molecule has 1 aliphatic heterocycles. The van der Waals surface area contributed by atoms with Crippen molar-refractivity contribution in [1.29, 1.82) is 0 Å². The van der Waals surface area contributed by atoms with Gasteiger partial charge in [-0.1, -0.05) is 13.8 Å². The van der Waals surface area contributed by atoms with E-state index < -0.39 is 0 Å². The first-order valence-electron chi connectivity index (χ1n) is 6.24. The second-order valence-electron chi connectivity index (χ2n) is 3.75. The van der Waals surface area contributed by atoms with Crippen molar-refractivity contribution in [3.63, 3.8) is 0 Å². The van der Waals surface area contributed by atoms with Crippen LogP contribution in [0.2, 0.25) is 0 Å². The fourth-order valence-electron chi connectivity index (χ4n) is 1.75. The largest absolute Gasteiger partial charge is 0.369 e. The van der Waals surface area contributed by atoms with Crippen LogP contribution >= 0.6 is 0 Å². The van der Waals surface area contributed by atoms with E-state index in [0.29, 0.717) is 0 Å². The Kier molecular flexibility index (Phi) is 5.86. The topological polar surface area (TPSA) is 28.2 Å². The summed E-state index contributed by atoms with van der Waals surface area (Å²) in [6.45, 7) is 10.5. The molecule has 1 fully saturated rings. The second-order valence-corrected chi connectivity index (χ2v) is 3.75. The van der Waals surface area contributed by atoms with Crippen LogP contribution in [0.3, 0.4) is 0 Å². The van der Waals surface area contributed by atoms with Crippen LogP contribution in [0.1, 0.15) is 26.0 Å². The highest BCUT2D eigenvalue weighted by molar-refractivity contribution is 5.44. The Labute approximate surface area is 98.9 Å². The van der Waals surface area contributed by atoms with Gasteiger partial charge in [0.15, 0.2) is 0 Å². The number of anilines is 1. The van der Waals surface area contributed by atoms with Crippen molar-refractivity contribution in [3.05, 3.63) is 24.0 Å². The summed E-state index contributed by atoms with van der Waals surface area (Å²) in [6, 6.07) is 4.24. The lowest BCUT2D eigenvalue weighted by Gasteiger charge is -2.21. The molecule has 1 aromatic heterocycles. The number of nitrogens with one attached hydrogen (secondary N) is 1. The summed E-state index contributed by atoms with van der Waals surface area (Å²) in [6.07, 6.45) is 3.19. The van der Waals surface area contributed by atoms with Gasteiger partial charge in [-0.05, 0) is 32.0 Å². The van der Waals surface area contributed by atoms with Crippen molar-refractivity contribution in [2.24, 2.45) is 0 Å². The molecule has 3 nitrogen and oxygen atoms in total. The molecular weight excluding hydrogens is 198 g/mol. The van der Waals surface area contributed by atoms with E-state index in [-0.39, 0.29) is 0 Å². The summed E-state index contributed by atoms with van der Waals surface area (Å²) in [4.78, 5) is 6.72. The lowest BCUT2D eigenvalue weighted by molar-refractivity contribution is 0.724. The zero-order chi connectivity index (χ0) is 11.8. The van der Waals surface area contributed by atoms with E-state index in [1.807, 2.05) is 27.0 Å². The SMILES string of the molecule is CC.Cc1ccc(N2CCCNCC2)cn1. The standard InChI is InChI=1S/C11H17N3.C2H6/c1-10-3-4-11(9-13-10)14-7-2-5-12-6-8-14;1-2/h3-4,9,12H,2,5-8H2,1H3;1-2H3. The van der Waals surface area contributed by atoms with Crippen molar-refractivity contribution in [3.8, 4) is 0 Å². The van der Waals surface area contributed by atoms with E-state index in [2.05, 4.69) is 27.3 Å². The van der Waals surface area contributed by atoms with Gasteiger partial charge in [-0.3, -0.25) is 4.98 Å². The second kappa shape index (κ2) is 7.23. The van der Waals surface area contributed by atoms with Gasteiger partial charge in [-0.25, -0.2) is 0 Å². The Morgan fingerprint density at radius 1 is 1.19 bits per heavy atom. The molecule has 90 valence electrons. The molecular formula is C13H23N3. The van der Waals surface area contributed by atoms with Gasteiger partial charge >= 0.3 is 0 Å². The third-order valence-electron chi connectivity index (χ3n) is 2.60. The normalized spacial score (nSPS) is 16.1. The van der Waals surface area contributed by atoms with Crippen LogP contribution in [0.5, 0.6) is 0 Å². The van der Waals surface area contributed by atoms with Gasteiger partial charge in [0, 0.05) is 25.3 Å². The lowest BCUT2D eigenvalue weighted by Crippen LogP contribution is -2.27. The number of nitrogens with zero attached hydrogens (tertiary/aromatic N) is 2. The highest BCUT2D eigenvalue weighted by Gasteiger charge is 2.08. The molecule has 0 aliphatic carbocycles. The van der Waals surface area contributed by atoms with Gasteiger partial charge in [0.2, 0.25) is 0 Å². The van der Waals surface area contributed by atoms with Crippen LogP contribution in [0.4, 0.5) is 5.69 Å². The number of pyridine rings is 1. The number of aryl methyl sites for hydroxylation is 1. The molecule has 0 radical (unpaired) electrons. The smallest absolute Gasteiger partial charge is 0.0553 e. The quantitative estimate of drug-likeness (QED) is 0.788. The number of aromatic nitrogens is 1.